The maximum atomic E-state index is 5.67. The van der Waals surface area contributed by atoms with Crippen molar-refractivity contribution >= 4 is 27.7 Å². The van der Waals surface area contributed by atoms with Gasteiger partial charge in [-0.15, -0.1) is 5.10 Å². The van der Waals surface area contributed by atoms with Gasteiger partial charge in [-0.3, -0.25) is 0 Å². The van der Waals surface area contributed by atoms with E-state index < -0.39 is 0 Å². The Hall–Kier alpha value is -1.00. The van der Waals surface area contributed by atoms with Crippen molar-refractivity contribution < 1.29 is 4.74 Å². The predicted octanol–water partition coefficient (Wildman–Crippen LogP) is 4.18. The Labute approximate surface area is 120 Å². The first-order valence-corrected chi connectivity index (χ1v) is 6.94. The molecule has 1 aromatic heterocycles. The van der Waals surface area contributed by atoms with Gasteiger partial charge in [0.05, 0.1) is 0 Å². The molecule has 0 fully saturated rings. The summed E-state index contributed by atoms with van der Waals surface area (Å²) in [6.45, 7) is 2.66. The molecule has 2 rings (SSSR count). The quantitative estimate of drug-likeness (QED) is 0.823. The summed E-state index contributed by atoms with van der Waals surface area (Å²) >= 11 is 9.23. The van der Waals surface area contributed by atoms with Crippen LogP contribution in [0.15, 0.2) is 34.9 Å². The maximum absolute atomic E-state index is 5.67. The normalized spacial score (nSPS) is 10.6. The molecule has 0 unspecified atom stereocenters. The van der Waals surface area contributed by atoms with Crippen molar-refractivity contribution in [3.05, 3.63) is 46.1 Å². The highest BCUT2D eigenvalue weighted by Crippen LogP contribution is 2.23. The number of halogens is 2. The minimum atomic E-state index is 0.491. The lowest BCUT2D eigenvalue weighted by atomic mass is 10.0. The molecule has 0 atom stereocenters. The first-order chi connectivity index (χ1) is 8.70. The second-order valence-electron chi connectivity index (χ2n) is 3.96. The van der Waals surface area contributed by atoms with Crippen molar-refractivity contribution in [2.45, 2.75) is 26.4 Å². The molecule has 18 heavy (non-hydrogen) atoms. The molecule has 0 spiro atoms. The second-order valence-corrected chi connectivity index (χ2v) is 5.16. The van der Waals surface area contributed by atoms with E-state index in [1.165, 1.54) is 15.3 Å². The summed E-state index contributed by atoms with van der Waals surface area (Å²) in [6.07, 6.45) is 3.80. The number of ether oxygens (including phenoxy) is 1. The number of rotatable bonds is 5. The van der Waals surface area contributed by atoms with E-state index in [-0.39, 0.29) is 0 Å². The highest BCUT2D eigenvalue weighted by molar-refractivity contribution is 9.10. The third-order valence-electron chi connectivity index (χ3n) is 2.63. The minimum absolute atomic E-state index is 0.491. The Morgan fingerprint density at radius 2 is 2.22 bits per heavy atom. The van der Waals surface area contributed by atoms with Crippen LogP contribution >= 0.6 is 27.7 Å². The van der Waals surface area contributed by atoms with Crippen LogP contribution in [0.25, 0.3) is 0 Å². The molecule has 1 aromatic carbocycles. The van der Waals surface area contributed by atoms with Crippen LogP contribution in [0.3, 0.4) is 0 Å². The van der Waals surface area contributed by atoms with Crippen LogP contribution in [-0.4, -0.2) is 9.30 Å². The third-order valence-corrected chi connectivity index (χ3v) is 3.57. The van der Waals surface area contributed by atoms with Gasteiger partial charge in [0, 0.05) is 34.1 Å². The van der Waals surface area contributed by atoms with Crippen LogP contribution in [0.5, 0.6) is 5.88 Å². The summed E-state index contributed by atoms with van der Waals surface area (Å²) in [5, 5.41) is 3.98. The number of aryl methyl sites for hydroxylation is 1. The van der Waals surface area contributed by atoms with Gasteiger partial charge in [-0.05, 0) is 18.1 Å². The number of aromatic nitrogens is 2. The summed E-state index contributed by atoms with van der Waals surface area (Å²) < 4.78 is 7.91. The van der Waals surface area contributed by atoms with Crippen LogP contribution in [0.4, 0.5) is 0 Å². The fraction of sp³-hybridized carbons (Fsp3) is 0.308. The number of hydrogen-bond acceptors (Lipinski definition) is 2. The molecule has 96 valence electrons. The molecule has 3 nitrogen and oxygen atoms in total. The first kappa shape index (κ1) is 13.4. The van der Waals surface area contributed by atoms with E-state index in [2.05, 4.69) is 34.0 Å². The average molecular weight is 330 g/mol. The molecule has 0 amide bonds. The zero-order chi connectivity index (χ0) is 13.0. The van der Waals surface area contributed by atoms with Crippen molar-refractivity contribution in [1.29, 1.82) is 0 Å². The zero-order valence-electron chi connectivity index (χ0n) is 10.1. The van der Waals surface area contributed by atoms with Crippen molar-refractivity contribution in [1.82, 2.24) is 9.30 Å². The lowest BCUT2D eigenvalue weighted by molar-refractivity contribution is 0.291. The fourth-order valence-electron chi connectivity index (χ4n) is 1.78. The lowest BCUT2D eigenvalue weighted by Gasteiger charge is -2.11. The molecule has 0 saturated heterocycles. The number of benzene rings is 1. The van der Waals surface area contributed by atoms with Crippen molar-refractivity contribution in [2.75, 3.05) is 0 Å². The monoisotopic (exact) mass is 328 g/mol. The topological polar surface area (TPSA) is 27.1 Å². The standard InChI is InChI=1S/C13H14BrClN2O/c1-2-4-10-5-3-6-12(14)11(10)9-18-13-7-8-17(15)16-13/h3,5-8H,2,4,9H2,1H3. The maximum Gasteiger partial charge on any atom is 0.234 e. The lowest BCUT2D eigenvalue weighted by Crippen LogP contribution is -2.02. The van der Waals surface area contributed by atoms with Gasteiger partial charge in [0.1, 0.15) is 6.61 Å². The van der Waals surface area contributed by atoms with Crippen molar-refractivity contribution in [2.24, 2.45) is 0 Å². The highest BCUT2D eigenvalue weighted by Gasteiger charge is 2.08. The highest BCUT2D eigenvalue weighted by atomic mass is 79.9. The van der Waals surface area contributed by atoms with Crippen molar-refractivity contribution in [3.63, 3.8) is 0 Å². The van der Waals surface area contributed by atoms with Crippen LogP contribution in [0.1, 0.15) is 24.5 Å². The summed E-state index contributed by atoms with van der Waals surface area (Å²) in [6, 6.07) is 7.94. The van der Waals surface area contributed by atoms with Gasteiger partial charge in [0.25, 0.3) is 0 Å². The van der Waals surface area contributed by atoms with E-state index in [4.69, 9.17) is 16.5 Å². The smallest absolute Gasteiger partial charge is 0.234 e. The molecule has 0 N–H and O–H groups in total. The SMILES string of the molecule is CCCc1cccc(Br)c1COc1ccn(Cl)n1. The molecule has 0 saturated carbocycles. The molecule has 0 radical (unpaired) electrons. The predicted molar refractivity (Wildman–Crippen MR) is 75.9 cm³/mol. The summed E-state index contributed by atoms with van der Waals surface area (Å²) in [5.74, 6) is 0.531. The van der Waals surface area contributed by atoms with Gasteiger partial charge >= 0.3 is 0 Å². The van der Waals surface area contributed by atoms with Gasteiger partial charge in [0.15, 0.2) is 0 Å². The Bertz CT molecular complexity index is 527. The van der Waals surface area contributed by atoms with Gasteiger partial charge in [-0.1, -0.05) is 41.4 Å². The molecular formula is C13H14BrClN2O. The van der Waals surface area contributed by atoms with E-state index in [1.54, 1.807) is 12.3 Å². The number of hydrogen-bond donors (Lipinski definition) is 0. The Balaban J connectivity index is 2.12. The fourth-order valence-corrected chi connectivity index (χ4v) is 2.43. The Morgan fingerprint density at radius 1 is 1.39 bits per heavy atom. The van der Waals surface area contributed by atoms with E-state index >= 15 is 0 Å². The average Bonchev–Trinajstić information content (AvgIpc) is 2.75. The van der Waals surface area contributed by atoms with Gasteiger partial charge in [-0.25, -0.2) is 0 Å². The molecule has 0 aliphatic heterocycles. The van der Waals surface area contributed by atoms with Crippen LogP contribution in [0, 0.1) is 0 Å². The van der Waals surface area contributed by atoms with Gasteiger partial charge < -0.3 is 4.74 Å². The van der Waals surface area contributed by atoms with Gasteiger partial charge in [-0.2, -0.15) is 4.20 Å². The summed E-state index contributed by atoms with van der Waals surface area (Å²) in [7, 11) is 0. The molecule has 2 aromatic rings. The van der Waals surface area contributed by atoms with Crippen LogP contribution in [-0.2, 0) is 13.0 Å². The van der Waals surface area contributed by atoms with E-state index in [0.29, 0.717) is 12.5 Å². The molecule has 0 aliphatic rings. The van der Waals surface area contributed by atoms with Crippen LogP contribution < -0.4 is 4.74 Å². The van der Waals surface area contributed by atoms with E-state index in [0.717, 1.165) is 17.3 Å². The summed E-state index contributed by atoms with van der Waals surface area (Å²) in [5.41, 5.74) is 2.47. The molecule has 1 heterocycles. The van der Waals surface area contributed by atoms with E-state index in [9.17, 15) is 0 Å². The third kappa shape index (κ3) is 3.27. The zero-order valence-corrected chi connectivity index (χ0v) is 12.4. The first-order valence-electron chi connectivity index (χ1n) is 5.81. The number of nitrogens with zero attached hydrogens (tertiary/aromatic N) is 2. The second kappa shape index (κ2) is 6.25. The van der Waals surface area contributed by atoms with Crippen molar-refractivity contribution in [3.8, 4) is 5.88 Å². The molecule has 0 aliphatic carbocycles. The Kier molecular flexibility index (Phi) is 4.66. The largest absolute Gasteiger partial charge is 0.472 e. The minimum Gasteiger partial charge on any atom is -0.472 e. The molecular weight excluding hydrogens is 316 g/mol. The van der Waals surface area contributed by atoms with Gasteiger partial charge in [0.2, 0.25) is 5.88 Å². The molecule has 0 bridgehead atoms. The molecule has 5 heteroatoms. The van der Waals surface area contributed by atoms with Crippen LogP contribution in [0.2, 0.25) is 0 Å². The van der Waals surface area contributed by atoms with E-state index in [1.807, 2.05) is 12.1 Å². The summed E-state index contributed by atoms with van der Waals surface area (Å²) in [4.78, 5) is 0. The Morgan fingerprint density at radius 3 is 2.89 bits per heavy atom.